The Hall–Kier alpha value is -0.440. The van der Waals surface area contributed by atoms with Gasteiger partial charge in [-0.3, -0.25) is 0 Å². The number of nitrogens with zero attached hydrogens (tertiary/aromatic N) is 2. The maximum absolute atomic E-state index is 3.90. The van der Waals surface area contributed by atoms with Crippen LogP contribution in [0.4, 0.5) is 0 Å². The molecule has 3 heteroatoms. The fourth-order valence-corrected chi connectivity index (χ4v) is 1.05. The highest BCUT2D eigenvalue weighted by Gasteiger charge is 2.16. The molecule has 1 aromatic rings. The molecule has 1 heterocycles. The molecule has 0 amide bonds. The summed E-state index contributed by atoms with van der Waals surface area (Å²) in [6, 6.07) is 0. The SMILES string of the molecule is CC(C)(C)c1[c]snn1. The summed E-state index contributed by atoms with van der Waals surface area (Å²) in [6.07, 6.45) is 0. The van der Waals surface area contributed by atoms with E-state index in [1.807, 2.05) is 0 Å². The Labute approximate surface area is 59.1 Å². The van der Waals surface area contributed by atoms with Gasteiger partial charge in [-0.1, -0.05) is 25.3 Å². The van der Waals surface area contributed by atoms with Gasteiger partial charge in [0.15, 0.2) is 0 Å². The second-order valence-electron chi connectivity index (χ2n) is 2.97. The van der Waals surface area contributed by atoms with E-state index in [-0.39, 0.29) is 5.41 Å². The number of hydrogen-bond donors (Lipinski definition) is 0. The van der Waals surface area contributed by atoms with Gasteiger partial charge >= 0.3 is 0 Å². The van der Waals surface area contributed by atoms with Crippen LogP contribution in [0.15, 0.2) is 0 Å². The van der Waals surface area contributed by atoms with Crippen molar-refractivity contribution in [3.05, 3.63) is 11.1 Å². The topological polar surface area (TPSA) is 25.8 Å². The van der Waals surface area contributed by atoms with Crippen molar-refractivity contribution >= 4 is 11.5 Å². The first kappa shape index (κ1) is 6.68. The largest absolute Gasteiger partial charge is 0.142 e. The highest BCUT2D eigenvalue weighted by atomic mass is 32.1. The van der Waals surface area contributed by atoms with E-state index in [1.165, 1.54) is 11.5 Å². The maximum Gasteiger partial charge on any atom is 0.0926 e. The van der Waals surface area contributed by atoms with Crippen LogP contribution in [-0.2, 0) is 5.41 Å². The van der Waals surface area contributed by atoms with Gasteiger partial charge in [-0.15, -0.1) is 5.10 Å². The lowest BCUT2D eigenvalue weighted by Crippen LogP contribution is -2.11. The van der Waals surface area contributed by atoms with Crippen molar-refractivity contribution in [1.82, 2.24) is 9.59 Å². The number of rotatable bonds is 0. The van der Waals surface area contributed by atoms with Crippen molar-refractivity contribution in [3.8, 4) is 0 Å². The van der Waals surface area contributed by atoms with E-state index in [0.29, 0.717) is 0 Å². The highest BCUT2D eigenvalue weighted by Crippen LogP contribution is 2.18. The minimum absolute atomic E-state index is 0.104. The second-order valence-corrected chi connectivity index (χ2v) is 3.52. The van der Waals surface area contributed by atoms with E-state index in [2.05, 4.69) is 35.7 Å². The molecule has 1 aromatic heterocycles. The van der Waals surface area contributed by atoms with E-state index >= 15 is 0 Å². The molecule has 0 N–H and O–H groups in total. The van der Waals surface area contributed by atoms with E-state index in [1.54, 1.807) is 0 Å². The fourth-order valence-electron chi connectivity index (χ4n) is 0.448. The number of aromatic nitrogens is 2. The van der Waals surface area contributed by atoms with Crippen LogP contribution in [0.3, 0.4) is 0 Å². The first-order valence-electron chi connectivity index (χ1n) is 2.81. The molecule has 0 spiro atoms. The van der Waals surface area contributed by atoms with Crippen LogP contribution in [0.5, 0.6) is 0 Å². The summed E-state index contributed by atoms with van der Waals surface area (Å²) < 4.78 is 3.72. The van der Waals surface area contributed by atoms with E-state index in [9.17, 15) is 0 Å². The van der Waals surface area contributed by atoms with Gasteiger partial charge in [0.1, 0.15) is 0 Å². The molecule has 0 aromatic carbocycles. The highest BCUT2D eigenvalue weighted by molar-refractivity contribution is 7.02. The molecule has 9 heavy (non-hydrogen) atoms. The minimum atomic E-state index is 0.104. The Balaban J connectivity index is 2.90. The molecule has 1 rings (SSSR count). The standard InChI is InChI=1S/C6H9N2S/c1-6(2,3)5-4-9-8-7-5/h1-3H3. The first-order chi connectivity index (χ1) is 4.11. The average molecular weight is 141 g/mol. The van der Waals surface area contributed by atoms with Crippen LogP contribution in [0.1, 0.15) is 26.5 Å². The molecule has 0 unspecified atom stereocenters. The van der Waals surface area contributed by atoms with Crippen molar-refractivity contribution in [2.45, 2.75) is 26.2 Å². The molecule has 2 nitrogen and oxygen atoms in total. The molecule has 1 radical (unpaired) electrons. The van der Waals surface area contributed by atoms with Crippen molar-refractivity contribution in [2.75, 3.05) is 0 Å². The Morgan fingerprint density at radius 1 is 1.44 bits per heavy atom. The molecule has 0 aliphatic rings. The lowest BCUT2D eigenvalue weighted by Gasteiger charge is -2.12. The van der Waals surface area contributed by atoms with Crippen LogP contribution in [-0.4, -0.2) is 9.59 Å². The molecular weight excluding hydrogens is 132 g/mol. The van der Waals surface area contributed by atoms with Crippen LogP contribution in [0, 0.1) is 5.38 Å². The van der Waals surface area contributed by atoms with Gasteiger partial charge < -0.3 is 0 Å². The van der Waals surface area contributed by atoms with Crippen molar-refractivity contribution in [2.24, 2.45) is 0 Å². The summed E-state index contributed by atoms with van der Waals surface area (Å²) in [5, 5.41) is 6.90. The quantitative estimate of drug-likeness (QED) is 0.549. The third-order valence-electron chi connectivity index (χ3n) is 1.03. The van der Waals surface area contributed by atoms with Crippen molar-refractivity contribution in [1.29, 1.82) is 0 Å². The van der Waals surface area contributed by atoms with Crippen LogP contribution < -0.4 is 0 Å². The lowest BCUT2D eigenvalue weighted by molar-refractivity contribution is 0.566. The summed E-state index contributed by atoms with van der Waals surface area (Å²) in [4.78, 5) is 0. The van der Waals surface area contributed by atoms with E-state index in [4.69, 9.17) is 0 Å². The van der Waals surface area contributed by atoms with Gasteiger partial charge in [-0.2, -0.15) is 0 Å². The smallest absolute Gasteiger partial charge is 0.0926 e. The normalized spacial score (nSPS) is 11.9. The third-order valence-corrected chi connectivity index (χ3v) is 1.48. The first-order valence-corrected chi connectivity index (χ1v) is 3.58. The van der Waals surface area contributed by atoms with Gasteiger partial charge in [0.05, 0.1) is 11.1 Å². The molecule has 0 saturated carbocycles. The van der Waals surface area contributed by atoms with Crippen molar-refractivity contribution in [3.63, 3.8) is 0 Å². The molecule has 0 atom stereocenters. The Kier molecular flexibility index (Phi) is 1.53. The Morgan fingerprint density at radius 2 is 2.11 bits per heavy atom. The molecule has 0 fully saturated rings. The molecule has 0 aliphatic heterocycles. The second kappa shape index (κ2) is 2.06. The third kappa shape index (κ3) is 1.48. The summed E-state index contributed by atoms with van der Waals surface area (Å²) in [5.74, 6) is 0. The van der Waals surface area contributed by atoms with Crippen molar-refractivity contribution < 1.29 is 0 Å². The van der Waals surface area contributed by atoms with Crippen LogP contribution >= 0.6 is 11.5 Å². The number of hydrogen-bond acceptors (Lipinski definition) is 3. The van der Waals surface area contributed by atoms with Gasteiger partial charge in [0, 0.05) is 5.41 Å². The van der Waals surface area contributed by atoms with E-state index < -0.39 is 0 Å². The molecule has 0 aliphatic carbocycles. The predicted molar refractivity (Wildman–Crippen MR) is 37.4 cm³/mol. The molecule has 0 bridgehead atoms. The summed E-state index contributed by atoms with van der Waals surface area (Å²) >= 11 is 1.28. The van der Waals surface area contributed by atoms with Gasteiger partial charge in [-0.05, 0) is 11.5 Å². The van der Waals surface area contributed by atoms with E-state index in [0.717, 1.165) is 5.69 Å². The molecule has 49 valence electrons. The van der Waals surface area contributed by atoms with Crippen LogP contribution in [0.2, 0.25) is 0 Å². The predicted octanol–water partition coefficient (Wildman–Crippen LogP) is 1.64. The zero-order valence-electron chi connectivity index (χ0n) is 5.80. The van der Waals surface area contributed by atoms with Gasteiger partial charge in [0.2, 0.25) is 0 Å². The zero-order chi connectivity index (χ0) is 6.91. The Bertz CT molecular complexity index is 173. The molecular formula is C6H9N2S. The van der Waals surface area contributed by atoms with Crippen LogP contribution in [0.25, 0.3) is 0 Å². The monoisotopic (exact) mass is 141 g/mol. The minimum Gasteiger partial charge on any atom is -0.142 e. The zero-order valence-corrected chi connectivity index (χ0v) is 6.62. The summed E-state index contributed by atoms with van der Waals surface area (Å²) in [6.45, 7) is 6.29. The van der Waals surface area contributed by atoms with Gasteiger partial charge in [-0.25, -0.2) is 0 Å². The lowest BCUT2D eigenvalue weighted by atomic mass is 9.94. The Morgan fingerprint density at radius 3 is 2.33 bits per heavy atom. The fraction of sp³-hybridized carbons (Fsp3) is 0.667. The van der Waals surface area contributed by atoms with Gasteiger partial charge in [0.25, 0.3) is 0 Å². The summed E-state index contributed by atoms with van der Waals surface area (Å²) in [5.41, 5.74) is 1.06. The maximum atomic E-state index is 3.90. The average Bonchev–Trinajstić information content (AvgIpc) is 2.08. The summed E-state index contributed by atoms with van der Waals surface area (Å²) in [7, 11) is 0. The molecule has 0 saturated heterocycles.